The molecule has 7 nitrogen and oxygen atoms in total. The van der Waals surface area contributed by atoms with Gasteiger partial charge in [0.1, 0.15) is 5.82 Å². The summed E-state index contributed by atoms with van der Waals surface area (Å²) in [6, 6.07) is 8.14. The lowest BCUT2D eigenvalue weighted by atomic mass is 10.1. The maximum Gasteiger partial charge on any atom is 0.490 e. The van der Waals surface area contributed by atoms with Crippen LogP contribution in [0.25, 0.3) is 11.4 Å². The third kappa shape index (κ3) is 5.74. The van der Waals surface area contributed by atoms with Crippen molar-refractivity contribution in [1.29, 1.82) is 0 Å². The van der Waals surface area contributed by atoms with Crippen molar-refractivity contribution < 1.29 is 27.5 Å². The highest BCUT2D eigenvalue weighted by molar-refractivity contribution is 5.73. The van der Waals surface area contributed by atoms with Crippen molar-refractivity contribution in [3.05, 3.63) is 65.5 Å². The number of hydrogen-bond donors (Lipinski definition) is 1. The Hall–Kier alpha value is -3.63. The number of carbonyl (C=O) groups is 1. The van der Waals surface area contributed by atoms with Crippen molar-refractivity contribution in [2.75, 3.05) is 18.0 Å². The molecule has 1 aliphatic rings. The third-order valence-corrected chi connectivity index (χ3v) is 4.73. The Kier molecular flexibility index (Phi) is 6.96. The predicted molar refractivity (Wildman–Crippen MR) is 108 cm³/mol. The van der Waals surface area contributed by atoms with Gasteiger partial charge in [-0.2, -0.15) is 13.2 Å². The topological polar surface area (TPSA) is 92.1 Å². The summed E-state index contributed by atoms with van der Waals surface area (Å²) in [5, 5.41) is 7.12. The Labute approximate surface area is 180 Å². The summed E-state index contributed by atoms with van der Waals surface area (Å²) in [5.41, 5.74) is 4.08. The average molecular weight is 449 g/mol. The predicted octanol–water partition coefficient (Wildman–Crippen LogP) is 3.62. The molecule has 0 aliphatic carbocycles. The molecule has 4 rings (SSSR count). The third-order valence-electron chi connectivity index (χ3n) is 4.73. The minimum absolute atomic E-state index is 0.256. The van der Waals surface area contributed by atoms with Crippen LogP contribution in [0.2, 0.25) is 0 Å². The van der Waals surface area contributed by atoms with Crippen LogP contribution in [0.1, 0.15) is 17.0 Å². The van der Waals surface area contributed by atoms with Crippen molar-refractivity contribution in [3.8, 4) is 11.4 Å². The SMILES string of the molecule is Cc1nc(-c2ccc(F)cc2)nc2c1CCN(c1ncccn1)CC2.O=C(O)C(F)(F)F. The van der Waals surface area contributed by atoms with Crippen molar-refractivity contribution in [3.63, 3.8) is 0 Å². The van der Waals surface area contributed by atoms with Crippen molar-refractivity contribution >= 4 is 11.9 Å². The monoisotopic (exact) mass is 449 g/mol. The number of rotatable bonds is 2. The molecule has 0 radical (unpaired) electrons. The Balaban J connectivity index is 0.000000360. The van der Waals surface area contributed by atoms with E-state index in [-0.39, 0.29) is 5.82 Å². The highest BCUT2D eigenvalue weighted by Crippen LogP contribution is 2.23. The molecule has 0 spiro atoms. The molecule has 1 aliphatic heterocycles. The minimum Gasteiger partial charge on any atom is -0.475 e. The van der Waals surface area contributed by atoms with E-state index < -0.39 is 12.1 Å². The number of anilines is 1. The number of hydrogen-bond acceptors (Lipinski definition) is 6. The quantitative estimate of drug-likeness (QED) is 0.598. The number of benzene rings is 1. The molecule has 168 valence electrons. The second kappa shape index (κ2) is 9.67. The molecule has 1 aromatic carbocycles. The Morgan fingerprint density at radius 2 is 1.62 bits per heavy atom. The van der Waals surface area contributed by atoms with E-state index in [1.54, 1.807) is 24.5 Å². The minimum atomic E-state index is -5.08. The molecule has 0 unspecified atom stereocenters. The number of halogens is 4. The van der Waals surface area contributed by atoms with Crippen LogP contribution in [0.5, 0.6) is 0 Å². The van der Waals surface area contributed by atoms with Gasteiger partial charge in [-0.25, -0.2) is 29.1 Å². The maximum atomic E-state index is 13.2. The van der Waals surface area contributed by atoms with E-state index in [4.69, 9.17) is 14.9 Å². The molecule has 32 heavy (non-hydrogen) atoms. The highest BCUT2D eigenvalue weighted by Gasteiger charge is 2.38. The van der Waals surface area contributed by atoms with Crippen LogP contribution < -0.4 is 4.90 Å². The van der Waals surface area contributed by atoms with Crippen LogP contribution in [-0.4, -0.2) is 50.3 Å². The smallest absolute Gasteiger partial charge is 0.475 e. The Bertz CT molecular complexity index is 1080. The van der Waals surface area contributed by atoms with Crippen molar-refractivity contribution in [2.24, 2.45) is 0 Å². The number of fused-ring (bicyclic) bond motifs is 1. The molecule has 0 saturated heterocycles. The van der Waals surface area contributed by atoms with Crippen LogP contribution >= 0.6 is 0 Å². The molecule has 0 atom stereocenters. The summed E-state index contributed by atoms with van der Waals surface area (Å²) >= 11 is 0. The van der Waals surface area contributed by atoms with Gasteiger partial charge in [-0.15, -0.1) is 0 Å². The Morgan fingerprint density at radius 1 is 1.03 bits per heavy atom. The van der Waals surface area contributed by atoms with Crippen LogP contribution in [0, 0.1) is 12.7 Å². The normalized spacial score (nSPS) is 13.5. The Morgan fingerprint density at radius 3 is 2.22 bits per heavy atom. The van der Waals surface area contributed by atoms with E-state index in [0.717, 1.165) is 48.8 Å². The van der Waals surface area contributed by atoms with Gasteiger partial charge in [0, 0.05) is 48.9 Å². The van der Waals surface area contributed by atoms with Crippen LogP contribution in [0.4, 0.5) is 23.5 Å². The van der Waals surface area contributed by atoms with Gasteiger partial charge in [-0.05, 0) is 49.2 Å². The maximum absolute atomic E-state index is 13.2. The second-order valence-electron chi connectivity index (χ2n) is 6.90. The molecule has 2 aromatic heterocycles. The molecule has 3 heterocycles. The van der Waals surface area contributed by atoms with E-state index in [9.17, 15) is 17.6 Å². The zero-order valence-corrected chi connectivity index (χ0v) is 17.0. The van der Waals surface area contributed by atoms with Gasteiger partial charge in [0.05, 0.1) is 0 Å². The fraction of sp³-hybridized carbons (Fsp3) is 0.286. The zero-order chi connectivity index (χ0) is 23.3. The van der Waals surface area contributed by atoms with E-state index in [1.165, 1.54) is 17.7 Å². The lowest BCUT2D eigenvalue weighted by Crippen LogP contribution is -2.27. The largest absolute Gasteiger partial charge is 0.490 e. The first-order valence-electron chi connectivity index (χ1n) is 9.59. The van der Waals surface area contributed by atoms with Crippen molar-refractivity contribution in [2.45, 2.75) is 25.9 Å². The lowest BCUT2D eigenvalue weighted by Gasteiger charge is -2.19. The van der Waals surface area contributed by atoms with Crippen LogP contribution in [0.15, 0.2) is 42.7 Å². The number of carboxylic acids is 1. The number of carboxylic acid groups (broad SMARTS) is 1. The molecular formula is C21H19F4N5O2. The lowest BCUT2D eigenvalue weighted by molar-refractivity contribution is -0.192. The summed E-state index contributed by atoms with van der Waals surface area (Å²) in [6.07, 6.45) is 0.115. The van der Waals surface area contributed by atoms with Gasteiger partial charge in [-0.3, -0.25) is 0 Å². The molecule has 0 amide bonds. The molecular weight excluding hydrogens is 430 g/mol. The summed E-state index contributed by atoms with van der Waals surface area (Å²) in [4.78, 5) is 29.2. The van der Waals surface area contributed by atoms with Gasteiger partial charge >= 0.3 is 12.1 Å². The number of aryl methyl sites for hydroxylation is 1. The first kappa shape index (κ1) is 23.0. The summed E-state index contributed by atoms with van der Waals surface area (Å²) < 4.78 is 44.9. The zero-order valence-electron chi connectivity index (χ0n) is 17.0. The molecule has 11 heteroatoms. The first-order chi connectivity index (χ1) is 15.1. The highest BCUT2D eigenvalue weighted by atomic mass is 19.4. The number of aliphatic carboxylic acids is 1. The average Bonchev–Trinajstić information content (AvgIpc) is 2.98. The van der Waals surface area contributed by atoms with Gasteiger partial charge < -0.3 is 10.0 Å². The molecule has 0 fully saturated rings. The van der Waals surface area contributed by atoms with Crippen LogP contribution in [0.3, 0.4) is 0 Å². The fourth-order valence-corrected chi connectivity index (χ4v) is 3.17. The fourth-order valence-electron chi connectivity index (χ4n) is 3.17. The van der Waals surface area contributed by atoms with E-state index in [1.807, 2.05) is 13.0 Å². The molecule has 1 N–H and O–H groups in total. The molecule has 0 bridgehead atoms. The standard InChI is InChI=1S/C19H18FN5.C2HF3O2/c1-13-16-7-11-25(19-21-9-2-10-22-19)12-8-17(16)24-18(23-13)14-3-5-15(20)6-4-14;3-2(4,5)1(6)7/h2-6,9-10H,7-8,11-12H2,1H3;(H,6,7). The number of aromatic nitrogens is 4. The van der Waals surface area contributed by atoms with Crippen molar-refractivity contribution in [1.82, 2.24) is 19.9 Å². The molecule has 0 saturated carbocycles. The first-order valence-corrected chi connectivity index (χ1v) is 9.59. The summed E-state index contributed by atoms with van der Waals surface area (Å²) in [6.45, 7) is 3.68. The van der Waals surface area contributed by atoms with E-state index in [2.05, 4.69) is 19.9 Å². The van der Waals surface area contributed by atoms with Gasteiger partial charge in [0.25, 0.3) is 0 Å². The summed E-state index contributed by atoms with van der Waals surface area (Å²) in [7, 11) is 0. The van der Waals surface area contributed by atoms with Gasteiger partial charge in [0.2, 0.25) is 5.95 Å². The second-order valence-corrected chi connectivity index (χ2v) is 6.90. The van der Waals surface area contributed by atoms with Gasteiger partial charge in [-0.1, -0.05) is 0 Å². The van der Waals surface area contributed by atoms with E-state index >= 15 is 0 Å². The van der Waals surface area contributed by atoms with Gasteiger partial charge in [0.15, 0.2) is 5.82 Å². The number of alkyl halides is 3. The molecule has 3 aromatic rings. The number of nitrogens with zero attached hydrogens (tertiary/aromatic N) is 5. The van der Waals surface area contributed by atoms with Crippen LogP contribution in [-0.2, 0) is 17.6 Å². The summed E-state index contributed by atoms with van der Waals surface area (Å²) in [5.74, 6) is -1.61. The van der Waals surface area contributed by atoms with E-state index in [0.29, 0.717) is 5.82 Å².